The van der Waals surface area contributed by atoms with Gasteiger partial charge in [-0.25, -0.2) is 0 Å². The molecule has 2 aromatic heterocycles. The van der Waals surface area contributed by atoms with E-state index in [9.17, 15) is 0 Å². The van der Waals surface area contributed by atoms with Gasteiger partial charge in [-0.2, -0.15) is 0 Å². The Labute approximate surface area is 388 Å². The molecular weight excluding hydrogens is 815 g/mol. The molecule has 0 bridgehead atoms. The van der Waals surface area contributed by atoms with Gasteiger partial charge in [0.1, 0.15) is 16.7 Å². The molecule has 316 valence electrons. The third kappa shape index (κ3) is 5.28. The molecular formula is C64H43NO2. The monoisotopic (exact) mass is 857 g/mol. The van der Waals surface area contributed by atoms with Gasteiger partial charge < -0.3 is 13.7 Å². The van der Waals surface area contributed by atoms with Gasteiger partial charge in [-0.3, -0.25) is 0 Å². The molecule has 3 heteroatoms. The second-order valence-electron chi connectivity index (χ2n) is 18.7. The number of hydrogen-bond donors (Lipinski definition) is 0. The molecule has 2 aliphatic carbocycles. The average Bonchev–Trinajstić information content (AvgIpc) is 4.09. The zero-order valence-electron chi connectivity index (χ0n) is 37.1. The summed E-state index contributed by atoms with van der Waals surface area (Å²) < 4.78 is 13.9. The molecule has 12 aromatic rings. The summed E-state index contributed by atoms with van der Waals surface area (Å²) in [7, 11) is 0. The summed E-state index contributed by atoms with van der Waals surface area (Å²) in [5.74, 6) is 0. The van der Waals surface area contributed by atoms with Gasteiger partial charge in [0.25, 0.3) is 0 Å². The lowest BCUT2D eigenvalue weighted by molar-refractivity contribution is 0.660. The number of nitrogens with zero attached hydrogens (tertiary/aromatic N) is 1. The summed E-state index contributed by atoms with van der Waals surface area (Å²) >= 11 is 0. The van der Waals surface area contributed by atoms with E-state index in [-0.39, 0.29) is 5.41 Å². The van der Waals surface area contributed by atoms with Gasteiger partial charge in [-0.15, -0.1) is 0 Å². The van der Waals surface area contributed by atoms with Crippen LogP contribution in [-0.4, -0.2) is 0 Å². The summed E-state index contributed by atoms with van der Waals surface area (Å²) in [5, 5.41) is 4.19. The van der Waals surface area contributed by atoms with E-state index in [4.69, 9.17) is 8.83 Å². The summed E-state index contributed by atoms with van der Waals surface area (Å²) in [6.07, 6.45) is 0. The molecule has 67 heavy (non-hydrogen) atoms. The largest absolute Gasteiger partial charge is 0.456 e. The summed E-state index contributed by atoms with van der Waals surface area (Å²) in [6, 6.07) is 81.9. The van der Waals surface area contributed by atoms with E-state index in [2.05, 4.69) is 243 Å². The molecule has 10 aromatic carbocycles. The fourth-order valence-corrected chi connectivity index (χ4v) is 12.0. The van der Waals surface area contributed by atoms with Gasteiger partial charge >= 0.3 is 0 Å². The highest BCUT2D eigenvalue weighted by Crippen LogP contribution is 2.58. The van der Waals surface area contributed by atoms with Crippen LogP contribution in [0.25, 0.3) is 77.3 Å². The Morgan fingerprint density at radius 1 is 0.358 bits per heavy atom. The zero-order valence-corrected chi connectivity index (χ0v) is 37.1. The predicted octanol–water partition coefficient (Wildman–Crippen LogP) is 17.3. The first-order chi connectivity index (χ1) is 33.0. The summed E-state index contributed by atoms with van der Waals surface area (Å²) in [4.78, 5) is 2.43. The van der Waals surface area contributed by atoms with Crippen molar-refractivity contribution in [1.82, 2.24) is 0 Å². The van der Waals surface area contributed by atoms with Crippen LogP contribution in [0.3, 0.4) is 0 Å². The maximum atomic E-state index is 7.20. The second-order valence-corrected chi connectivity index (χ2v) is 18.7. The van der Waals surface area contributed by atoms with Gasteiger partial charge in [0.2, 0.25) is 0 Å². The van der Waals surface area contributed by atoms with Crippen molar-refractivity contribution in [3.63, 3.8) is 0 Å². The van der Waals surface area contributed by atoms with Crippen LogP contribution in [0.2, 0.25) is 0 Å². The Kier molecular flexibility index (Phi) is 7.95. The first-order valence-corrected chi connectivity index (χ1v) is 23.2. The van der Waals surface area contributed by atoms with E-state index in [0.717, 1.165) is 72.1 Å². The number of rotatable bonds is 6. The van der Waals surface area contributed by atoms with Gasteiger partial charge in [0.05, 0.1) is 11.1 Å². The minimum atomic E-state index is -0.557. The van der Waals surface area contributed by atoms with E-state index < -0.39 is 5.41 Å². The van der Waals surface area contributed by atoms with Crippen molar-refractivity contribution in [2.24, 2.45) is 0 Å². The van der Waals surface area contributed by atoms with Crippen molar-refractivity contribution in [3.8, 4) is 33.4 Å². The van der Waals surface area contributed by atoms with Crippen molar-refractivity contribution in [1.29, 1.82) is 0 Å². The zero-order chi connectivity index (χ0) is 44.4. The Bertz CT molecular complexity index is 3910. The van der Waals surface area contributed by atoms with Gasteiger partial charge in [0.15, 0.2) is 5.58 Å². The minimum Gasteiger partial charge on any atom is -0.456 e. The number of anilines is 3. The fraction of sp³-hybridized carbons (Fsp3) is 0.0625. The lowest BCUT2D eigenvalue weighted by atomic mass is 9.67. The van der Waals surface area contributed by atoms with Crippen molar-refractivity contribution < 1.29 is 8.83 Å². The van der Waals surface area contributed by atoms with Crippen LogP contribution in [0.5, 0.6) is 0 Å². The SMILES string of the molecule is CC1(C)c2ccccc2-c2ccc(N(c3ccc4c(c3)C(c3ccccc3)(c3ccccc3)c3ccccc3-4)c3cccc4c3oc3cc5c(cc34)oc3cccc(-c4ccccc4)c35)cc21. The summed E-state index contributed by atoms with van der Waals surface area (Å²) in [6.45, 7) is 4.71. The Hall–Kier alpha value is -8.40. The standard InChI is InChI=1S/C64H43NO2/c1-63(2)53-28-14-12-24-46(53)48-34-32-43(36-55(48)63)65(44-33-35-49-47-25-13-15-29-54(47)64(56(49)37-44,41-20-8-4-9-21-41)42-22-10-5-11-23-42)57-30-16-27-50-51-38-60-52(39-59(51)67-62(50)57)61-45(26-17-31-58(61)66-60)40-18-6-3-7-19-40/h3-39H,1-2H3. The van der Waals surface area contributed by atoms with Gasteiger partial charge in [0, 0.05) is 38.3 Å². The number of para-hydroxylation sites is 1. The van der Waals surface area contributed by atoms with Crippen LogP contribution in [0, 0.1) is 0 Å². The molecule has 0 unspecified atom stereocenters. The van der Waals surface area contributed by atoms with Crippen LogP contribution in [0.1, 0.15) is 47.2 Å². The van der Waals surface area contributed by atoms with E-state index in [1.54, 1.807) is 0 Å². The molecule has 0 fully saturated rings. The lowest BCUT2D eigenvalue weighted by Gasteiger charge is -2.35. The van der Waals surface area contributed by atoms with Crippen molar-refractivity contribution in [2.75, 3.05) is 4.90 Å². The highest BCUT2D eigenvalue weighted by Gasteiger charge is 2.46. The smallest absolute Gasteiger partial charge is 0.159 e. The van der Waals surface area contributed by atoms with Crippen LogP contribution in [0.15, 0.2) is 233 Å². The van der Waals surface area contributed by atoms with Crippen LogP contribution in [-0.2, 0) is 10.8 Å². The lowest BCUT2D eigenvalue weighted by Crippen LogP contribution is -2.28. The number of benzene rings is 10. The van der Waals surface area contributed by atoms with Crippen molar-refractivity contribution >= 4 is 60.9 Å². The quantitative estimate of drug-likeness (QED) is 0.167. The number of furan rings is 2. The third-order valence-corrected chi connectivity index (χ3v) is 14.9. The molecule has 0 N–H and O–H groups in total. The Balaban J connectivity index is 1.03. The van der Waals surface area contributed by atoms with Gasteiger partial charge in [-0.1, -0.05) is 190 Å². The number of fused-ring (bicyclic) bond motifs is 12. The molecule has 0 spiro atoms. The highest BCUT2D eigenvalue weighted by atomic mass is 16.3. The molecule has 0 saturated heterocycles. The predicted molar refractivity (Wildman–Crippen MR) is 276 cm³/mol. The molecule has 0 atom stereocenters. The maximum Gasteiger partial charge on any atom is 0.159 e. The molecule has 14 rings (SSSR count). The van der Waals surface area contributed by atoms with Crippen LogP contribution >= 0.6 is 0 Å². The molecule has 3 nitrogen and oxygen atoms in total. The fourth-order valence-electron chi connectivity index (χ4n) is 12.0. The van der Waals surface area contributed by atoms with Crippen molar-refractivity contribution in [3.05, 3.63) is 258 Å². The number of hydrogen-bond acceptors (Lipinski definition) is 3. The molecule has 2 heterocycles. The Morgan fingerprint density at radius 2 is 0.896 bits per heavy atom. The topological polar surface area (TPSA) is 29.5 Å². The normalized spacial score (nSPS) is 14.1. The minimum absolute atomic E-state index is 0.191. The maximum absolute atomic E-state index is 7.20. The van der Waals surface area contributed by atoms with E-state index >= 15 is 0 Å². The first kappa shape index (κ1) is 37.9. The molecule has 0 aliphatic heterocycles. The Morgan fingerprint density at radius 3 is 1.61 bits per heavy atom. The van der Waals surface area contributed by atoms with E-state index in [1.807, 2.05) is 0 Å². The summed E-state index contributed by atoms with van der Waals surface area (Å²) in [5.41, 5.74) is 20.7. The van der Waals surface area contributed by atoms with Crippen LogP contribution < -0.4 is 4.90 Å². The molecule has 0 radical (unpaired) electrons. The second kappa shape index (κ2) is 14.1. The van der Waals surface area contributed by atoms with Gasteiger partial charge in [-0.05, 0) is 115 Å². The van der Waals surface area contributed by atoms with Crippen LogP contribution in [0.4, 0.5) is 17.1 Å². The molecule has 2 aliphatic rings. The van der Waals surface area contributed by atoms with Crippen molar-refractivity contribution in [2.45, 2.75) is 24.7 Å². The van der Waals surface area contributed by atoms with E-state index in [0.29, 0.717) is 0 Å². The van der Waals surface area contributed by atoms with E-state index in [1.165, 1.54) is 55.6 Å². The molecule has 0 amide bonds. The highest BCUT2D eigenvalue weighted by molar-refractivity contribution is 6.19. The average molecular weight is 858 g/mol. The first-order valence-electron chi connectivity index (χ1n) is 23.2. The molecule has 0 saturated carbocycles. The third-order valence-electron chi connectivity index (χ3n) is 14.9.